The van der Waals surface area contributed by atoms with Crippen LogP contribution in [0.1, 0.15) is 11.1 Å². The molecule has 0 spiro atoms. The summed E-state index contributed by atoms with van der Waals surface area (Å²) in [6.07, 6.45) is 1.06. The largest absolute Gasteiger partial charge is 0.0619 e. The number of hydrogen-bond acceptors (Lipinski definition) is 0. The predicted molar refractivity (Wildman–Crippen MR) is 71.0 cm³/mol. The summed E-state index contributed by atoms with van der Waals surface area (Å²) in [5, 5.41) is 2.66. The zero-order valence-corrected chi connectivity index (χ0v) is 9.40. The second kappa shape index (κ2) is 3.21. The Morgan fingerprint density at radius 2 is 1.82 bits per heavy atom. The van der Waals surface area contributed by atoms with Crippen molar-refractivity contribution in [1.29, 1.82) is 0 Å². The molecule has 0 saturated carbocycles. The molecule has 3 aromatic rings. The first-order chi connectivity index (χ1) is 8.43. The van der Waals surface area contributed by atoms with Crippen LogP contribution in [-0.4, -0.2) is 0 Å². The lowest BCUT2D eigenvalue weighted by atomic mass is 9.99. The summed E-state index contributed by atoms with van der Waals surface area (Å²) >= 11 is 0. The lowest BCUT2D eigenvalue weighted by Gasteiger charge is -2.04. The summed E-state index contributed by atoms with van der Waals surface area (Å²) in [4.78, 5) is 0. The van der Waals surface area contributed by atoms with Crippen LogP contribution >= 0.6 is 0 Å². The summed E-state index contributed by atoms with van der Waals surface area (Å²) in [6.45, 7) is 0. The van der Waals surface area contributed by atoms with Crippen LogP contribution in [0, 0.1) is 6.07 Å². The van der Waals surface area contributed by atoms with Gasteiger partial charge in [-0.05, 0) is 51.6 Å². The van der Waals surface area contributed by atoms with Gasteiger partial charge in [0, 0.05) is 0 Å². The highest BCUT2D eigenvalue weighted by Crippen LogP contribution is 2.39. The van der Waals surface area contributed by atoms with E-state index in [4.69, 9.17) is 0 Å². The number of fused-ring (bicyclic) bond motifs is 5. The van der Waals surface area contributed by atoms with E-state index in [0.717, 1.165) is 6.42 Å². The Hall–Kier alpha value is -2.08. The third-order valence-electron chi connectivity index (χ3n) is 3.65. The van der Waals surface area contributed by atoms with Gasteiger partial charge < -0.3 is 0 Å². The molecule has 0 unspecified atom stereocenters. The molecule has 0 aliphatic heterocycles. The highest BCUT2D eigenvalue weighted by molar-refractivity contribution is 5.94. The Kier molecular flexibility index (Phi) is 1.70. The molecule has 1 aliphatic carbocycles. The smallest absolute Gasteiger partial charge is 0.000729 e. The van der Waals surface area contributed by atoms with Gasteiger partial charge in [0.1, 0.15) is 0 Å². The van der Waals surface area contributed by atoms with Crippen molar-refractivity contribution in [3.63, 3.8) is 0 Å². The zero-order valence-electron chi connectivity index (χ0n) is 9.40. The number of benzene rings is 3. The third-order valence-corrected chi connectivity index (χ3v) is 3.65. The van der Waals surface area contributed by atoms with Crippen molar-refractivity contribution in [1.82, 2.24) is 0 Å². The van der Waals surface area contributed by atoms with E-state index in [1.54, 1.807) is 0 Å². The van der Waals surface area contributed by atoms with Gasteiger partial charge in [-0.15, -0.1) is 0 Å². The molecule has 0 heteroatoms. The summed E-state index contributed by atoms with van der Waals surface area (Å²) < 4.78 is 0. The molecular formula is C17H11. The van der Waals surface area contributed by atoms with Crippen LogP contribution in [0.4, 0.5) is 0 Å². The van der Waals surface area contributed by atoms with E-state index in [9.17, 15) is 0 Å². The Balaban J connectivity index is 2.11. The summed E-state index contributed by atoms with van der Waals surface area (Å²) in [5.41, 5.74) is 5.72. The van der Waals surface area contributed by atoms with Gasteiger partial charge in [-0.3, -0.25) is 0 Å². The lowest BCUT2D eigenvalue weighted by Crippen LogP contribution is -1.83. The topological polar surface area (TPSA) is 0 Å². The highest BCUT2D eigenvalue weighted by Gasteiger charge is 2.19. The van der Waals surface area contributed by atoms with Crippen molar-refractivity contribution < 1.29 is 0 Å². The van der Waals surface area contributed by atoms with Crippen LogP contribution in [0.25, 0.3) is 21.9 Å². The minimum Gasteiger partial charge on any atom is -0.0619 e. The van der Waals surface area contributed by atoms with Crippen molar-refractivity contribution >= 4 is 10.8 Å². The second-order valence-corrected chi connectivity index (χ2v) is 4.57. The van der Waals surface area contributed by atoms with Gasteiger partial charge in [0.15, 0.2) is 0 Å². The third kappa shape index (κ3) is 1.18. The van der Waals surface area contributed by atoms with Gasteiger partial charge in [-0.2, -0.15) is 0 Å². The van der Waals surface area contributed by atoms with Crippen LogP contribution < -0.4 is 0 Å². The summed E-state index contributed by atoms with van der Waals surface area (Å²) in [7, 11) is 0. The summed E-state index contributed by atoms with van der Waals surface area (Å²) in [5.74, 6) is 0. The van der Waals surface area contributed by atoms with E-state index in [1.165, 1.54) is 33.0 Å². The molecule has 1 radical (unpaired) electrons. The molecule has 17 heavy (non-hydrogen) atoms. The zero-order chi connectivity index (χ0) is 11.2. The molecule has 0 saturated heterocycles. The fourth-order valence-electron chi connectivity index (χ4n) is 2.85. The minimum atomic E-state index is 1.06. The van der Waals surface area contributed by atoms with Crippen LogP contribution in [0.3, 0.4) is 0 Å². The molecule has 4 rings (SSSR count). The maximum Gasteiger partial charge on any atom is -0.000729 e. The Morgan fingerprint density at radius 1 is 0.882 bits per heavy atom. The van der Waals surface area contributed by atoms with Crippen molar-refractivity contribution in [2.24, 2.45) is 0 Å². The fourth-order valence-corrected chi connectivity index (χ4v) is 2.85. The van der Waals surface area contributed by atoms with Gasteiger partial charge >= 0.3 is 0 Å². The monoisotopic (exact) mass is 215 g/mol. The van der Waals surface area contributed by atoms with Crippen molar-refractivity contribution in [3.8, 4) is 11.1 Å². The molecular weight excluding hydrogens is 204 g/mol. The first-order valence-electron chi connectivity index (χ1n) is 5.93. The van der Waals surface area contributed by atoms with Crippen LogP contribution in [-0.2, 0) is 6.42 Å². The minimum absolute atomic E-state index is 1.06. The van der Waals surface area contributed by atoms with Crippen LogP contribution in [0.5, 0.6) is 0 Å². The average molecular weight is 215 g/mol. The molecule has 0 amide bonds. The molecule has 0 atom stereocenters. The first kappa shape index (κ1) is 9.00. The molecule has 3 aromatic carbocycles. The predicted octanol–water partition coefficient (Wildman–Crippen LogP) is 4.21. The quantitative estimate of drug-likeness (QED) is 0.412. The molecule has 1 aliphatic rings. The Morgan fingerprint density at radius 3 is 2.82 bits per heavy atom. The van der Waals surface area contributed by atoms with E-state index >= 15 is 0 Å². The highest BCUT2D eigenvalue weighted by atomic mass is 14.2. The van der Waals surface area contributed by atoms with E-state index < -0.39 is 0 Å². The van der Waals surface area contributed by atoms with Gasteiger partial charge in [-0.25, -0.2) is 0 Å². The van der Waals surface area contributed by atoms with Crippen molar-refractivity contribution in [2.75, 3.05) is 0 Å². The van der Waals surface area contributed by atoms with E-state index in [2.05, 4.69) is 54.6 Å². The Labute approximate surface area is 101 Å². The SMILES string of the molecule is [c]1ccc2c3c(ccc2c1)-c1ccccc1C3. The maximum atomic E-state index is 3.15. The fraction of sp³-hybridized carbons (Fsp3) is 0.0588. The standard InChI is InChI=1S/C17H11/c1-3-7-14-12(5-1)9-10-16-15-8-4-2-6-13(15)11-17(14)16/h2-10H,11H2. The lowest BCUT2D eigenvalue weighted by molar-refractivity contribution is 1.28. The second-order valence-electron chi connectivity index (χ2n) is 4.57. The van der Waals surface area contributed by atoms with E-state index in [1.807, 2.05) is 6.07 Å². The molecule has 0 aromatic heterocycles. The summed E-state index contributed by atoms with van der Waals surface area (Å²) in [6, 6.07) is 22.6. The van der Waals surface area contributed by atoms with Gasteiger partial charge in [-0.1, -0.05) is 48.5 Å². The normalized spacial score (nSPS) is 12.5. The molecule has 0 fully saturated rings. The molecule has 0 N–H and O–H groups in total. The Bertz CT molecular complexity index is 723. The van der Waals surface area contributed by atoms with E-state index in [-0.39, 0.29) is 0 Å². The maximum absolute atomic E-state index is 3.15. The molecule has 79 valence electrons. The van der Waals surface area contributed by atoms with Gasteiger partial charge in [0.2, 0.25) is 0 Å². The van der Waals surface area contributed by atoms with Crippen molar-refractivity contribution in [2.45, 2.75) is 6.42 Å². The van der Waals surface area contributed by atoms with Gasteiger partial charge in [0.05, 0.1) is 0 Å². The average Bonchev–Trinajstić information content (AvgIpc) is 2.78. The molecule has 0 heterocycles. The number of hydrogen-bond donors (Lipinski definition) is 0. The first-order valence-corrected chi connectivity index (χ1v) is 5.93. The van der Waals surface area contributed by atoms with Crippen LogP contribution in [0.2, 0.25) is 0 Å². The van der Waals surface area contributed by atoms with Crippen LogP contribution in [0.15, 0.2) is 54.6 Å². The number of rotatable bonds is 0. The van der Waals surface area contributed by atoms with Gasteiger partial charge in [0.25, 0.3) is 0 Å². The molecule has 0 nitrogen and oxygen atoms in total. The van der Waals surface area contributed by atoms with Crippen molar-refractivity contribution in [3.05, 3.63) is 71.8 Å². The molecule has 0 bridgehead atoms. The van der Waals surface area contributed by atoms with E-state index in [0.29, 0.717) is 0 Å².